The molecule has 0 radical (unpaired) electrons. The fourth-order valence-corrected chi connectivity index (χ4v) is 3.36. The van der Waals surface area contributed by atoms with Crippen molar-refractivity contribution in [3.8, 4) is 0 Å². The maximum Gasteiger partial charge on any atom is 0.254 e. The van der Waals surface area contributed by atoms with Crippen LogP contribution in [0.25, 0.3) is 0 Å². The zero-order chi connectivity index (χ0) is 14.1. The zero-order valence-corrected chi connectivity index (χ0v) is 13.8. The molecule has 1 aliphatic rings. The van der Waals surface area contributed by atoms with E-state index in [0.717, 1.165) is 24.2 Å². The number of fused-ring (bicyclic) bond motifs is 1. The topological polar surface area (TPSA) is 32.3 Å². The van der Waals surface area contributed by atoms with Gasteiger partial charge in [0.25, 0.3) is 5.91 Å². The average Bonchev–Trinajstić information content (AvgIpc) is 3.14. The summed E-state index contributed by atoms with van der Waals surface area (Å²) in [6, 6.07) is 10.2. The maximum atomic E-state index is 12.6. The van der Waals surface area contributed by atoms with E-state index in [1.807, 2.05) is 41.6 Å². The van der Waals surface area contributed by atoms with Crippen LogP contribution in [0.1, 0.15) is 33.8 Å². The highest BCUT2D eigenvalue weighted by Crippen LogP contribution is 2.27. The number of benzene rings is 1. The van der Waals surface area contributed by atoms with E-state index in [4.69, 9.17) is 0 Å². The van der Waals surface area contributed by atoms with E-state index in [2.05, 4.69) is 18.3 Å². The van der Waals surface area contributed by atoms with Crippen LogP contribution >= 0.6 is 23.7 Å². The summed E-state index contributed by atoms with van der Waals surface area (Å²) < 4.78 is 0. The molecular weight excluding hydrogens is 304 g/mol. The van der Waals surface area contributed by atoms with Crippen LogP contribution < -0.4 is 5.32 Å². The third kappa shape index (κ3) is 3.06. The van der Waals surface area contributed by atoms with Gasteiger partial charge in [-0.05, 0) is 48.6 Å². The molecule has 1 atom stereocenters. The van der Waals surface area contributed by atoms with Gasteiger partial charge in [-0.2, -0.15) is 0 Å². The van der Waals surface area contributed by atoms with E-state index in [1.54, 1.807) is 11.3 Å². The molecule has 3 nitrogen and oxygen atoms in total. The summed E-state index contributed by atoms with van der Waals surface area (Å²) in [7, 11) is 1.87. The fourth-order valence-electron chi connectivity index (χ4n) is 2.54. The van der Waals surface area contributed by atoms with Crippen LogP contribution in [0.2, 0.25) is 0 Å². The molecule has 2 heterocycles. The monoisotopic (exact) mass is 322 g/mol. The first-order valence-corrected chi connectivity index (χ1v) is 7.72. The minimum Gasteiger partial charge on any atom is -0.384 e. The highest BCUT2D eigenvalue weighted by Gasteiger charge is 2.21. The first-order chi connectivity index (χ1) is 9.66. The van der Waals surface area contributed by atoms with E-state index < -0.39 is 0 Å². The van der Waals surface area contributed by atoms with E-state index in [0.29, 0.717) is 0 Å². The minimum atomic E-state index is 0. The summed E-state index contributed by atoms with van der Waals surface area (Å²) in [6.45, 7) is 3.03. The van der Waals surface area contributed by atoms with Gasteiger partial charge in [0.2, 0.25) is 0 Å². The molecule has 1 aromatic carbocycles. The van der Waals surface area contributed by atoms with Crippen LogP contribution in [0.3, 0.4) is 0 Å². The molecule has 0 saturated carbocycles. The van der Waals surface area contributed by atoms with Gasteiger partial charge >= 0.3 is 0 Å². The lowest BCUT2D eigenvalue weighted by atomic mass is 10.1. The Balaban J connectivity index is 0.00000161. The predicted octanol–water partition coefficient (Wildman–Crippen LogP) is 3.97. The highest BCUT2D eigenvalue weighted by atomic mass is 35.5. The van der Waals surface area contributed by atoms with Crippen molar-refractivity contribution in [3.63, 3.8) is 0 Å². The summed E-state index contributed by atoms with van der Waals surface area (Å²) >= 11 is 1.69. The number of rotatable bonds is 3. The molecule has 0 bridgehead atoms. The molecule has 1 amide bonds. The molecule has 0 spiro atoms. The van der Waals surface area contributed by atoms with Crippen molar-refractivity contribution in [2.45, 2.75) is 19.4 Å². The number of carbonyl (C=O) groups excluding carboxylic acids is 1. The fraction of sp³-hybridized carbons (Fsp3) is 0.312. The van der Waals surface area contributed by atoms with Crippen LogP contribution in [0.15, 0.2) is 35.7 Å². The Bertz CT molecular complexity index is 627. The van der Waals surface area contributed by atoms with Crippen LogP contribution in [-0.2, 0) is 6.42 Å². The van der Waals surface area contributed by atoms with Gasteiger partial charge in [-0.15, -0.1) is 23.7 Å². The Morgan fingerprint density at radius 1 is 1.38 bits per heavy atom. The Hall–Kier alpha value is -1.52. The van der Waals surface area contributed by atoms with Crippen molar-refractivity contribution >= 4 is 35.3 Å². The largest absolute Gasteiger partial charge is 0.384 e. The van der Waals surface area contributed by atoms with Crippen LogP contribution in [0.5, 0.6) is 0 Å². The van der Waals surface area contributed by atoms with E-state index in [-0.39, 0.29) is 24.4 Å². The van der Waals surface area contributed by atoms with Crippen molar-refractivity contribution in [2.75, 3.05) is 18.9 Å². The Kier molecular flexibility index (Phi) is 4.91. The molecule has 21 heavy (non-hydrogen) atoms. The Morgan fingerprint density at radius 3 is 2.90 bits per heavy atom. The van der Waals surface area contributed by atoms with Gasteiger partial charge in [-0.3, -0.25) is 4.79 Å². The van der Waals surface area contributed by atoms with E-state index in [1.165, 1.54) is 10.4 Å². The second kappa shape index (κ2) is 6.50. The Morgan fingerprint density at radius 2 is 2.19 bits per heavy atom. The summed E-state index contributed by atoms with van der Waals surface area (Å²) in [4.78, 5) is 15.6. The molecule has 0 fully saturated rings. The normalized spacial score (nSPS) is 13.8. The molecule has 1 aliphatic heterocycles. The SMILES string of the molecule is CC(c1cccs1)N(C)C(=O)c1ccc2c(c1)CCN2.Cl. The van der Waals surface area contributed by atoms with Crippen molar-refractivity contribution in [1.82, 2.24) is 4.90 Å². The van der Waals surface area contributed by atoms with Crippen molar-refractivity contribution in [2.24, 2.45) is 0 Å². The average molecular weight is 323 g/mol. The van der Waals surface area contributed by atoms with Crippen LogP contribution in [-0.4, -0.2) is 24.4 Å². The maximum absolute atomic E-state index is 12.6. The van der Waals surface area contributed by atoms with Gasteiger partial charge < -0.3 is 10.2 Å². The molecule has 1 N–H and O–H groups in total. The van der Waals surface area contributed by atoms with Gasteiger partial charge in [0.15, 0.2) is 0 Å². The number of hydrogen-bond acceptors (Lipinski definition) is 3. The molecule has 112 valence electrons. The lowest BCUT2D eigenvalue weighted by molar-refractivity contribution is 0.0745. The zero-order valence-electron chi connectivity index (χ0n) is 12.1. The molecule has 5 heteroatoms. The quantitative estimate of drug-likeness (QED) is 0.927. The van der Waals surface area contributed by atoms with Crippen molar-refractivity contribution < 1.29 is 4.79 Å². The van der Waals surface area contributed by atoms with Gasteiger partial charge in [0, 0.05) is 29.7 Å². The number of hydrogen-bond donors (Lipinski definition) is 1. The second-order valence-corrected chi connectivity index (χ2v) is 6.14. The van der Waals surface area contributed by atoms with Gasteiger partial charge in [-0.25, -0.2) is 0 Å². The molecule has 1 unspecified atom stereocenters. The van der Waals surface area contributed by atoms with E-state index >= 15 is 0 Å². The van der Waals surface area contributed by atoms with Crippen LogP contribution in [0, 0.1) is 0 Å². The Labute approximate surface area is 135 Å². The predicted molar refractivity (Wildman–Crippen MR) is 90.7 cm³/mol. The van der Waals surface area contributed by atoms with Gasteiger partial charge in [0.05, 0.1) is 6.04 Å². The minimum absolute atomic E-state index is 0. The molecule has 0 aliphatic carbocycles. The number of thiophene rings is 1. The standard InChI is InChI=1S/C16H18N2OS.ClH/c1-11(15-4-3-9-20-15)18(2)16(19)13-5-6-14-12(10-13)7-8-17-14;/h3-6,9-11,17H,7-8H2,1-2H3;1H. The summed E-state index contributed by atoms with van der Waals surface area (Å²) in [6.07, 6.45) is 1.00. The number of nitrogens with zero attached hydrogens (tertiary/aromatic N) is 1. The van der Waals surface area contributed by atoms with Gasteiger partial charge in [0.1, 0.15) is 0 Å². The molecular formula is C16H19ClN2OS. The lowest BCUT2D eigenvalue weighted by Crippen LogP contribution is -2.29. The molecule has 0 saturated heterocycles. The number of nitrogens with one attached hydrogen (secondary N) is 1. The summed E-state index contributed by atoms with van der Waals surface area (Å²) in [5, 5.41) is 5.36. The number of carbonyl (C=O) groups is 1. The highest BCUT2D eigenvalue weighted by molar-refractivity contribution is 7.10. The number of anilines is 1. The number of amides is 1. The number of halogens is 1. The first-order valence-electron chi connectivity index (χ1n) is 6.84. The molecule has 1 aromatic heterocycles. The molecule has 3 rings (SSSR count). The first kappa shape index (κ1) is 15.9. The van der Waals surface area contributed by atoms with Crippen LogP contribution in [0.4, 0.5) is 5.69 Å². The third-order valence-corrected chi connectivity index (χ3v) is 4.96. The third-order valence-electron chi connectivity index (χ3n) is 3.92. The smallest absolute Gasteiger partial charge is 0.254 e. The lowest BCUT2D eigenvalue weighted by Gasteiger charge is -2.24. The second-order valence-electron chi connectivity index (χ2n) is 5.16. The summed E-state index contributed by atoms with van der Waals surface area (Å²) in [5.41, 5.74) is 3.18. The van der Waals surface area contributed by atoms with Gasteiger partial charge in [-0.1, -0.05) is 6.07 Å². The van der Waals surface area contributed by atoms with Crippen molar-refractivity contribution in [3.05, 3.63) is 51.7 Å². The molecule has 2 aromatic rings. The summed E-state index contributed by atoms with van der Waals surface area (Å²) in [5.74, 6) is 0.0839. The van der Waals surface area contributed by atoms with E-state index in [9.17, 15) is 4.79 Å². The van der Waals surface area contributed by atoms with Crippen molar-refractivity contribution in [1.29, 1.82) is 0 Å².